The number of rotatable bonds is 1. The Balaban J connectivity index is 2.50. The zero-order chi connectivity index (χ0) is 8.55. The molecule has 2 heterocycles. The summed E-state index contributed by atoms with van der Waals surface area (Å²) in [5.74, 6) is 0.0144. The van der Waals surface area contributed by atoms with Crippen LogP contribution in [0.25, 0.3) is 6.08 Å². The van der Waals surface area contributed by atoms with E-state index in [1.54, 1.807) is 6.08 Å². The van der Waals surface area contributed by atoms with Crippen molar-refractivity contribution in [1.82, 2.24) is 10.3 Å². The highest BCUT2D eigenvalue weighted by atomic mass is 16.1. The van der Waals surface area contributed by atoms with E-state index in [1.165, 1.54) is 0 Å². The first-order chi connectivity index (χ1) is 5.81. The topological polar surface area (TPSA) is 44.9 Å². The lowest BCUT2D eigenvalue weighted by molar-refractivity contribution is 0.0946. The van der Waals surface area contributed by atoms with E-state index in [0.717, 1.165) is 29.9 Å². The number of hydrogen-bond acceptors (Lipinski definition) is 1. The fourth-order valence-electron chi connectivity index (χ4n) is 1.43. The molecule has 0 aromatic carbocycles. The molecule has 2 N–H and O–H groups in total. The summed E-state index contributed by atoms with van der Waals surface area (Å²) in [6.45, 7) is 4.36. The second-order valence-corrected chi connectivity index (χ2v) is 2.83. The summed E-state index contributed by atoms with van der Waals surface area (Å²) in [4.78, 5) is 14.4. The van der Waals surface area contributed by atoms with Crippen molar-refractivity contribution in [1.29, 1.82) is 0 Å². The van der Waals surface area contributed by atoms with Crippen LogP contribution < -0.4 is 5.32 Å². The van der Waals surface area contributed by atoms with E-state index in [4.69, 9.17) is 0 Å². The molecule has 0 saturated carbocycles. The fraction of sp³-hybridized carbons (Fsp3) is 0.222. The summed E-state index contributed by atoms with van der Waals surface area (Å²) in [6.07, 6.45) is 2.60. The van der Waals surface area contributed by atoms with E-state index in [9.17, 15) is 4.79 Å². The van der Waals surface area contributed by atoms with Crippen LogP contribution in [0.5, 0.6) is 0 Å². The van der Waals surface area contributed by atoms with E-state index in [0.29, 0.717) is 0 Å². The number of nitrogens with one attached hydrogen (secondary N) is 2. The molecule has 1 aromatic rings. The second kappa shape index (κ2) is 2.52. The van der Waals surface area contributed by atoms with Gasteiger partial charge < -0.3 is 10.3 Å². The van der Waals surface area contributed by atoms with Gasteiger partial charge in [-0.3, -0.25) is 4.79 Å². The number of carbonyl (C=O) groups is 1. The Morgan fingerprint density at radius 1 is 1.58 bits per heavy atom. The molecule has 1 amide bonds. The molecule has 0 fully saturated rings. The van der Waals surface area contributed by atoms with Gasteiger partial charge in [-0.15, -0.1) is 0 Å². The lowest BCUT2D eigenvalue weighted by atomic mass is 10.1. The molecule has 0 bridgehead atoms. The maximum absolute atomic E-state index is 11.2. The number of amides is 1. The van der Waals surface area contributed by atoms with Gasteiger partial charge >= 0.3 is 0 Å². The molecule has 0 atom stereocenters. The van der Waals surface area contributed by atoms with Crippen molar-refractivity contribution >= 4 is 12.0 Å². The molecule has 12 heavy (non-hydrogen) atoms. The van der Waals surface area contributed by atoms with Gasteiger partial charge in [-0.1, -0.05) is 6.58 Å². The minimum absolute atomic E-state index is 0.0144. The molecule has 0 spiro atoms. The Kier molecular flexibility index (Phi) is 1.50. The largest absolute Gasteiger partial charge is 0.358 e. The number of carbonyl (C=O) groups excluding carboxylic acids is 1. The molecular weight excluding hydrogens is 152 g/mol. The first-order valence-electron chi connectivity index (χ1n) is 3.94. The molecule has 0 radical (unpaired) electrons. The number of fused-ring (bicyclic) bond motifs is 1. The zero-order valence-electron chi connectivity index (χ0n) is 6.68. The van der Waals surface area contributed by atoms with Crippen molar-refractivity contribution in [3.63, 3.8) is 0 Å². The molecule has 62 valence electrons. The fourth-order valence-corrected chi connectivity index (χ4v) is 1.43. The molecule has 0 saturated heterocycles. The smallest absolute Gasteiger partial charge is 0.253 e. The molecule has 3 heteroatoms. The van der Waals surface area contributed by atoms with Crippen LogP contribution in [0.2, 0.25) is 0 Å². The first-order valence-corrected chi connectivity index (χ1v) is 3.94. The van der Waals surface area contributed by atoms with Crippen LogP contribution in [0.3, 0.4) is 0 Å². The van der Waals surface area contributed by atoms with Crippen LogP contribution in [0, 0.1) is 0 Å². The van der Waals surface area contributed by atoms with Crippen LogP contribution in [-0.4, -0.2) is 17.4 Å². The Morgan fingerprint density at radius 3 is 3.08 bits per heavy atom. The van der Waals surface area contributed by atoms with Crippen LogP contribution in [0.1, 0.15) is 21.7 Å². The lowest BCUT2D eigenvalue weighted by Gasteiger charge is -2.10. The third kappa shape index (κ3) is 0.942. The highest BCUT2D eigenvalue weighted by molar-refractivity contribution is 5.97. The number of hydrogen-bond donors (Lipinski definition) is 2. The standard InChI is InChI=1S/C9H10N2O/c1-2-6-5-7-8(11-6)3-4-10-9(7)12/h2,5,11H,1,3-4H2,(H,10,12). The summed E-state index contributed by atoms with van der Waals surface area (Å²) in [7, 11) is 0. The lowest BCUT2D eigenvalue weighted by Crippen LogP contribution is -2.31. The molecule has 1 aromatic heterocycles. The SMILES string of the molecule is C=Cc1cc2c([nH]1)CCNC2=O. The van der Waals surface area contributed by atoms with Gasteiger partial charge in [-0.2, -0.15) is 0 Å². The first kappa shape index (κ1) is 7.16. The van der Waals surface area contributed by atoms with Crippen LogP contribution >= 0.6 is 0 Å². The van der Waals surface area contributed by atoms with Crippen molar-refractivity contribution in [3.8, 4) is 0 Å². The summed E-state index contributed by atoms with van der Waals surface area (Å²) in [6, 6.07) is 1.83. The molecular formula is C9H10N2O. The predicted octanol–water partition coefficient (Wildman–Crippen LogP) is 0.944. The summed E-state index contributed by atoms with van der Waals surface area (Å²) >= 11 is 0. The summed E-state index contributed by atoms with van der Waals surface area (Å²) in [5.41, 5.74) is 2.70. The van der Waals surface area contributed by atoms with Gasteiger partial charge in [0.05, 0.1) is 5.56 Å². The molecule has 3 nitrogen and oxygen atoms in total. The monoisotopic (exact) mass is 162 g/mol. The average molecular weight is 162 g/mol. The van der Waals surface area contributed by atoms with E-state index in [1.807, 2.05) is 6.07 Å². The number of H-pyrrole nitrogens is 1. The van der Waals surface area contributed by atoms with Gasteiger partial charge in [0.2, 0.25) is 0 Å². The maximum Gasteiger partial charge on any atom is 0.253 e. The number of aromatic nitrogens is 1. The van der Waals surface area contributed by atoms with E-state index >= 15 is 0 Å². The Bertz CT molecular complexity index is 338. The van der Waals surface area contributed by atoms with Crippen molar-refractivity contribution in [2.24, 2.45) is 0 Å². The van der Waals surface area contributed by atoms with Crippen LogP contribution in [-0.2, 0) is 6.42 Å². The van der Waals surface area contributed by atoms with Gasteiger partial charge in [-0.25, -0.2) is 0 Å². The quantitative estimate of drug-likeness (QED) is 0.634. The van der Waals surface area contributed by atoms with Gasteiger partial charge in [0.15, 0.2) is 0 Å². The number of aromatic amines is 1. The molecule has 1 aliphatic heterocycles. The van der Waals surface area contributed by atoms with E-state index < -0.39 is 0 Å². The van der Waals surface area contributed by atoms with E-state index in [-0.39, 0.29) is 5.91 Å². The molecule has 1 aliphatic rings. The van der Waals surface area contributed by atoms with Crippen molar-refractivity contribution in [2.45, 2.75) is 6.42 Å². The molecule has 0 unspecified atom stereocenters. The van der Waals surface area contributed by atoms with Crippen LogP contribution in [0.4, 0.5) is 0 Å². The van der Waals surface area contributed by atoms with Gasteiger partial charge in [0, 0.05) is 24.4 Å². The molecule has 0 aliphatic carbocycles. The van der Waals surface area contributed by atoms with Crippen molar-refractivity contribution < 1.29 is 4.79 Å². The van der Waals surface area contributed by atoms with Crippen molar-refractivity contribution in [2.75, 3.05) is 6.54 Å². The molecule has 2 rings (SSSR count). The minimum Gasteiger partial charge on any atom is -0.358 e. The normalized spacial score (nSPS) is 15.2. The third-order valence-electron chi connectivity index (χ3n) is 2.05. The Labute approximate surface area is 70.5 Å². The van der Waals surface area contributed by atoms with E-state index in [2.05, 4.69) is 16.9 Å². The van der Waals surface area contributed by atoms with Gasteiger partial charge in [-0.05, 0) is 12.1 Å². The summed E-state index contributed by atoms with van der Waals surface area (Å²) in [5, 5.41) is 2.78. The minimum atomic E-state index is 0.0144. The van der Waals surface area contributed by atoms with Gasteiger partial charge in [0.25, 0.3) is 5.91 Å². The summed E-state index contributed by atoms with van der Waals surface area (Å²) < 4.78 is 0. The Hall–Kier alpha value is -1.51. The highest BCUT2D eigenvalue weighted by Gasteiger charge is 2.18. The second-order valence-electron chi connectivity index (χ2n) is 2.83. The predicted molar refractivity (Wildman–Crippen MR) is 46.9 cm³/mol. The zero-order valence-corrected chi connectivity index (χ0v) is 6.68. The maximum atomic E-state index is 11.2. The van der Waals surface area contributed by atoms with Crippen LogP contribution in [0.15, 0.2) is 12.6 Å². The van der Waals surface area contributed by atoms with Crippen molar-refractivity contribution in [3.05, 3.63) is 29.6 Å². The van der Waals surface area contributed by atoms with Gasteiger partial charge in [0.1, 0.15) is 0 Å². The highest BCUT2D eigenvalue weighted by Crippen LogP contribution is 2.15. The Morgan fingerprint density at radius 2 is 2.42 bits per heavy atom. The average Bonchev–Trinajstić information content (AvgIpc) is 2.49. The third-order valence-corrected chi connectivity index (χ3v) is 2.05.